The van der Waals surface area contributed by atoms with E-state index in [1.54, 1.807) is 35.2 Å². The molecule has 0 aliphatic heterocycles. The lowest BCUT2D eigenvalue weighted by molar-refractivity contribution is 0.0973. The van der Waals surface area contributed by atoms with E-state index in [2.05, 4.69) is 0 Å². The first-order valence-electron chi connectivity index (χ1n) is 5.78. The number of halogens is 1. The van der Waals surface area contributed by atoms with Gasteiger partial charge in [0.2, 0.25) is 5.78 Å². The van der Waals surface area contributed by atoms with Crippen molar-refractivity contribution in [2.75, 3.05) is 18.0 Å². The summed E-state index contributed by atoms with van der Waals surface area (Å²) in [6, 6.07) is 9.69. The molecule has 0 N–H and O–H groups in total. The van der Waals surface area contributed by atoms with Crippen LogP contribution >= 0.6 is 0 Å². The van der Waals surface area contributed by atoms with Crippen LogP contribution in [0.2, 0.25) is 0 Å². The SMILES string of the molecule is CCN(CC(=O)c1ccco1)c1ccccc1F. The number of carbonyl (C=O) groups is 1. The third kappa shape index (κ3) is 2.59. The summed E-state index contributed by atoms with van der Waals surface area (Å²) in [6.45, 7) is 2.53. The van der Waals surface area contributed by atoms with Crippen molar-refractivity contribution in [2.45, 2.75) is 6.92 Å². The fourth-order valence-corrected chi connectivity index (χ4v) is 1.76. The molecule has 1 aromatic carbocycles. The molecule has 0 aliphatic carbocycles. The van der Waals surface area contributed by atoms with Crippen molar-refractivity contribution in [2.24, 2.45) is 0 Å². The first-order chi connectivity index (χ1) is 8.72. The number of hydrogen-bond acceptors (Lipinski definition) is 3. The average molecular weight is 247 g/mol. The van der Waals surface area contributed by atoms with E-state index in [0.29, 0.717) is 18.0 Å². The second-order valence-corrected chi connectivity index (χ2v) is 3.87. The van der Waals surface area contributed by atoms with Crippen molar-refractivity contribution in [3.63, 3.8) is 0 Å². The maximum Gasteiger partial charge on any atom is 0.217 e. The second kappa shape index (κ2) is 5.49. The van der Waals surface area contributed by atoms with E-state index in [9.17, 15) is 9.18 Å². The zero-order valence-corrected chi connectivity index (χ0v) is 10.1. The van der Waals surface area contributed by atoms with Crippen molar-refractivity contribution < 1.29 is 13.6 Å². The molecule has 0 fully saturated rings. The van der Waals surface area contributed by atoms with Crippen molar-refractivity contribution in [1.82, 2.24) is 0 Å². The van der Waals surface area contributed by atoms with Gasteiger partial charge >= 0.3 is 0 Å². The number of nitrogens with zero attached hydrogens (tertiary/aromatic N) is 1. The number of benzene rings is 1. The van der Waals surface area contributed by atoms with Crippen LogP contribution in [0.25, 0.3) is 0 Å². The summed E-state index contributed by atoms with van der Waals surface area (Å²) in [5.41, 5.74) is 0.430. The zero-order valence-electron chi connectivity index (χ0n) is 10.1. The lowest BCUT2D eigenvalue weighted by atomic mass is 10.2. The molecule has 0 unspecified atom stereocenters. The fraction of sp³-hybridized carbons (Fsp3) is 0.214. The number of Topliss-reactive ketones (excluding diaryl/α,β-unsaturated/α-hetero) is 1. The molecule has 1 heterocycles. The molecule has 18 heavy (non-hydrogen) atoms. The highest BCUT2D eigenvalue weighted by atomic mass is 19.1. The van der Waals surface area contributed by atoms with Gasteiger partial charge in [-0.1, -0.05) is 12.1 Å². The van der Waals surface area contributed by atoms with Gasteiger partial charge in [0.25, 0.3) is 0 Å². The summed E-state index contributed by atoms with van der Waals surface area (Å²) in [6.07, 6.45) is 1.45. The van der Waals surface area contributed by atoms with Gasteiger partial charge in [-0.2, -0.15) is 0 Å². The molecule has 0 saturated carbocycles. The van der Waals surface area contributed by atoms with E-state index in [1.807, 2.05) is 6.92 Å². The summed E-state index contributed by atoms with van der Waals surface area (Å²) in [5, 5.41) is 0. The van der Waals surface area contributed by atoms with Gasteiger partial charge in [0.1, 0.15) is 5.82 Å². The second-order valence-electron chi connectivity index (χ2n) is 3.87. The molecule has 94 valence electrons. The van der Waals surface area contributed by atoms with Gasteiger partial charge in [-0.05, 0) is 31.2 Å². The Balaban J connectivity index is 2.16. The average Bonchev–Trinajstić information content (AvgIpc) is 2.90. The zero-order chi connectivity index (χ0) is 13.0. The van der Waals surface area contributed by atoms with Crippen molar-refractivity contribution >= 4 is 11.5 Å². The van der Waals surface area contributed by atoms with E-state index < -0.39 is 0 Å². The molecule has 0 aliphatic rings. The van der Waals surface area contributed by atoms with Gasteiger partial charge in [-0.3, -0.25) is 4.79 Å². The molecule has 0 amide bonds. The predicted octanol–water partition coefficient (Wildman–Crippen LogP) is 3.13. The normalized spacial score (nSPS) is 10.3. The van der Waals surface area contributed by atoms with Crippen LogP contribution < -0.4 is 4.90 Å². The van der Waals surface area contributed by atoms with Gasteiger partial charge < -0.3 is 9.32 Å². The van der Waals surface area contributed by atoms with Crippen molar-refractivity contribution in [3.05, 3.63) is 54.2 Å². The lowest BCUT2D eigenvalue weighted by Gasteiger charge is -2.22. The summed E-state index contributed by atoms with van der Waals surface area (Å²) in [5.74, 6) is -0.193. The van der Waals surface area contributed by atoms with Gasteiger partial charge in [-0.15, -0.1) is 0 Å². The third-order valence-corrected chi connectivity index (χ3v) is 2.71. The number of anilines is 1. The molecular formula is C14H14FNO2. The molecule has 3 nitrogen and oxygen atoms in total. The van der Waals surface area contributed by atoms with Crippen LogP contribution in [0.15, 0.2) is 47.1 Å². The van der Waals surface area contributed by atoms with Crippen molar-refractivity contribution in [1.29, 1.82) is 0 Å². The molecule has 1 aromatic heterocycles. The third-order valence-electron chi connectivity index (χ3n) is 2.71. The van der Waals surface area contributed by atoms with E-state index >= 15 is 0 Å². The van der Waals surface area contributed by atoms with E-state index in [4.69, 9.17) is 4.42 Å². The quantitative estimate of drug-likeness (QED) is 0.761. The Morgan fingerprint density at radius 3 is 2.67 bits per heavy atom. The number of rotatable bonds is 5. The lowest BCUT2D eigenvalue weighted by Crippen LogP contribution is -2.30. The Kier molecular flexibility index (Phi) is 3.77. The van der Waals surface area contributed by atoms with Gasteiger partial charge in [0.05, 0.1) is 18.5 Å². The van der Waals surface area contributed by atoms with Crippen molar-refractivity contribution in [3.8, 4) is 0 Å². The van der Waals surface area contributed by atoms with Crippen LogP contribution in [0.5, 0.6) is 0 Å². The molecule has 0 bridgehead atoms. The molecule has 0 radical (unpaired) electrons. The Hall–Kier alpha value is -2.10. The molecular weight excluding hydrogens is 233 g/mol. The number of ketones is 1. The highest BCUT2D eigenvalue weighted by molar-refractivity contribution is 5.96. The number of carbonyl (C=O) groups excluding carboxylic acids is 1. The topological polar surface area (TPSA) is 33.5 Å². The fourth-order valence-electron chi connectivity index (χ4n) is 1.76. The molecule has 2 aromatic rings. The first-order valence-corrected chi connectivity index (χ1v) is 5.78. The number of furan rings is 1. The Bertz CT molecular complexity index is 522. The summed E-state index contributed by atoms with van der Waals surface area (Å²) < 4.78 is 18.7. The number of para-hydroxylation sites is 1. The Morgan fingerprint density at radius 1 is 1.28 bits per heavy atom. The van der Waals surface area contributed by atoms with Crippen LogP contribution in [0, 0.1) is 5.82 Å². The maximum absolute atomic E-state index is 13.6. The molecule has 0 spiro atoms. The maximum atomic E-state index is 13.6. The Labute approximate surface area is 105 Å². The van der Waals surface area contributed by atoms with Crippen LogP contribution in [0.4, 0.5) is 10.1 Å². The number of likely N-dealkylation sites (N-methyl/N-ethyl adjacent to an activating group) is 1. The van der Waals surface area contributed by atoms with E-state index in [1.165, 1.54) is 12.3 Å². The largest absolute Gasteiger partial charge is 0.461 e. The van der Waals surface area contributed by atoms with Crippen LogP contribution in [0.1, 0.15) is 17.5 Å². The smallest absolute Gasteiger partial charge is 0.217 e. The highest BCUT2D eigenvalue weighted by Crippen LogP contribution is 2.18. The molecule has 2 rings (SSSR count). The molecule has 0 saturated heterocycles. The molecule has 0 atom stereocenters. The minimum absolute atomic E-state index is 0.102. The number of hydrogen-bond donors (Lipinski definition) is 0. The summed E-state index contributed by atoms with van der Waals surface area (Å²) in [7, 11) is 0. The summed E-state index contributed by atoms with van der Waals surface area (Å²) >= 11 is 0. The van der Waals surface area contributed by atoms with Crippen LogP contribution in [-0.2, 0) is 0 Å². The van der Waals surface area contributed by atoms with Gasteiger partial charge in [-0.25, -0.2) is 4.39 Å². The van der Waals surface area contributed by atoms with Gasteiger partial charge in [0.15, 0.2) is 5.76 Å². The Morgan fingerprint density at radius 2 is 2.06 bits per heavy atom. The van der Waals surface area contributed by atoms with E-state index in [0.717, 1.165) is 0 Å². The summed E-state index contributed by atoms with van der Waals surface area (Å²) in [4.78, 5) is 13.6. The predicted molar refractivity (Wildman–Crippen MR) is 67.3 cm³/mol. The standard InChI is InChI=1S/C14H14FNO2/c1-2-16(12-7-4-3-6-11(12)15)10-13(17)14-8-5-9-18-14/h3-9H,2,10H2,1H3. The van der Waals surface area contributed by atoms with Crippen LogP contribution in [-0.4, -0.2) is 18.9 Å². The molecule has 4 heteroatoms. The minimum Gasteiger partial charge on any atom is -0.461 e. The van der Waals surface area contributed by atoms with E-state index in [-0.39, 0.29) is 18.1 Å². The van der Waals surface area contributed by atoms with Gasteiger partial charge in [0, 0.05) is 6.54 Å². The minimum atomic E-state index is -0.327. The first kappa shape index (κ1) is 12.4. The monoisotopic (exact) mass is 247 g/mol. The highest BCUT2D eigenvalue weighted by Gasteiger charge is 2.16. The van der Waals surface area contributed by atoms with Crippen LogP contribution in [0.3, 0.4) is 0 Å².